The molecule has 0 bridgehead atoms. The lowest BCUT2D eigenvalue weighted by molar-refractivity contribution is -0.156. The van der Waals surface area contributed by atoms with E-state index < -0.39 is 42.5 Å². The Kier molecular flexibility index (Phi) is 7.58. The number of amides is 1. The van der Waals surface area contributed by atoms with Crippen molar-refractivity contribution in [2.24, 2.45) is 0 Å². The van der Waals surface area contributed by atoms with E-state index in [1.165, 1.54) is 4.90 Å². The fourth-order valence-corrected chi connectivity index (χ4v) is 3.41. The van der Waals surface area contributed by atoms with Crippen LogP contribution in [-0.4, -0.2) is 76.5 Å². The first-order valence-electron chi connectivity index (χ1n) is 8.99. The molecule has 1 aromatic rings. The Morgan fingerprint density at radius 3 is 2.43 bits per heavy atom. The fraction of sp³-hybridized carbons (Fsp3) is 0.632. The molecule has 1 aliphatic heterocycles. The van der Waals surface area contributed by atoms with Gasteiger partial charge in [-0.1, -0.05) is 29.3 Å². The molecule has 1 heterocycles. The molecule has 9 heteroatoms. The van der Waals surface area contributed by atoms with Gasteiger partial charge < -0.3 is 29.7 Å². The Morgan fingerprint density at radius 1 is 1.25 bits per heavy atom. The second kappa shape index (κ2) is 9.15. The number of hydrogen-bond donors (Lipinski definition) is 3. The van der Waals surface area contributed by atoms with Gasteiger partial charge in [0.05, 0.1) is 36.0 Å². The Morgan fingerprint density at radius 2 is 1.89 bits per heavy atom. The largest absolute Gasteiger partial charge is 0.444 e. The Balaban J connectivity index is 2.42. The first-order valence-corrected chi connectivity index (χ1v) is 9.75. The quantitative estimate of drug-likeness (QED) is 0.671. The summed E-state index contributed by atoms with van der Waals surface area (Å²) in [7, 11) is 0. The van der Waals surface area contributed by atoms with Crippen LogP contribution in [0.5, 0.6) is 0 Å². The summed E-state index contributed by atoms with van der Waals surface area (Å²) in [4.78, 5) is 14.1. The molecule has 2 rings (SSSR count). The van der Waals surface area contributed by atoms with Crippen molar-refractivity contribution in [1.29, 1.82) is 0 Å². The number of hydrogen-bond acceptors (Lipinski definition) is 6. The summed E-state index contributed by atoms with van der Waals surface area (Å²) >= 11 is 12.2. The lowest BCUT2D eigenvalue weighted by Gasteiger charge is -2.37. The summed E-state index contributed by atoms with van der Waals surface area (Å²) < 4.78 is 11.3. The van der Waals surface area contributed by atoms with Crippen molar-refractivity contribution in [2.75, 3.05) is 32.9 Å². The van der Waals surface area contributed by atoms with Crippen LogP contribution >= 0.6 is 23.2 Å². The maximum Gasteiger partial charge on any atom is 0.410 e. The lowest BCUT2D eigenvalue weighted by atomic mass is 9.83. The number of carbonyl (C=O) groups is 1. The molecule has 0 spiro atoms. The van der Waals surface area contributed by atoms with E-state index >= 15 is 0 Å². The molecule has 28 heavy (non-hydrogen) atoms. The van der Waals surface area contributed by atoms with E-state index in [1.807, 2.05) is 0 Å². The molecule has 2 atom stereocenters. The molecule has 1 saturated heterocycles. The third-order valence-electron chi connectivity index (χ3n) is 4.54. The maximum absolute atomic E-state index is 12.6. The molecule has 1 amide bonds. The van der Waals surface area contributed by atoms with Crippen molar-refractivity contribution in [3.63, 3.8) is 0 Å². The number of aliphatic hydroxyl groups is 3. The summed E-state index contributed by atoms with van der Waals surface area (Å²) in [6, 6.07) is 4.94. The van der Waals surface area contributed by atoms with E-state index in [0.717, 1.165) is 0 Å². The van der Waals surface area contributed by atoms with Gasteiger partial charge in [-0.3, -0.25) is 0 Å². The molecule has 1 aliphatic rings. The molecule has 3 N–H and O–H groups in total. The minimum absolute atomic E-state index is 0.101. The van der Waals surface area contributed by atoms with Gasteiger partial charge in [0.1, 0.15) is 11.2 Å². The third kappa shape index (κ3) is 5.49. The highest BCUT2D eigenvalue weighted by molar-refractivity contribution is 6.42. The van der Waals surface area contributed by atoms with Crippen LogP contribution in [-0.2, 0) is 9.47 Å². The monoisotopic (exact) mass is 435 g/mol. The normalized spacial score (nSPS) is 21.4. The van der Waals surface area contributed by atoms with E-state index in [-0.39, 0.29) is 19.7 Å². The van der Waals surface area contributed by atoms with Crippen LogP contribution in [0.15, 0.2) is 18.2 Å². The molecule has 0 saturated carbocycles. The number of aliphatic hydroxyl groups excluding tert-OH is 2. The van der Waals surface area contributed by atoms with Gasteiger partial charge in [0.15, 0.2) is 0 Å². The minimum Gasteiger partial charge on any atom is -0.444 e. The zero-order valence-electron chi connectivity index (χ0n) is 16.2. The van der Waals surface area contributed by atoms with Crippen LogP contribution in [0.1, 0.15) is 32.3 Å². The van der Waals surface area contributed by atoms with Crippen molar-refractivity contribution < 1.29 is 29.6 Å². The molecule has 158 valence electrons. The predicted molar refractivity (Wildman–Crippen MR) is 106 cm³/mol. The standard InChI is InChI=1S/C19H27Cl2NO6/c1-18(2,3)28-17(25)22-6-7-27-16(19(26,10-23)11-24)13(9-22)12-4-5-14(20)15(21)8-12/h4-5,8,13,16,23-24,26H,6-7,9-11H2,1-3H3/t13-,16+/m0/s1. The number of benzene rings is 1. The molecule has 0 radical (unpaired) electrons. The van der Waals surface area contributed by atoms with E-state index in [0.29, 0.717) is 15.6 Å². The minimum atomic E-state index is -1.90. The van der Waals surface area contributed by atoms with E-state index in [2.05, 4.69) is 0 Å². The van der Waals surface area contributed by atoms with Gasteiger partial charge in [-0.05, 0) is 38.5 Å². The highest BCUT2D eigenvalue weighted by Crippen LogP contribution is 2.35. The van der Waals surface area contributed by atoms with Crippen molar-refractivity contribution in [1.82, 2.24) is 4.90 Å². The first kappa shape index (κ1) is 23.2. The summed E-state index contributed by atoms with van der Waals surface area (Å²) in [5.41, 5.74) is -1.92. The smallest absolute Gasteiger partial charge is 0.410 e. The number of carbonyl (C=O) groups excluding carboxylic acids is 1. The Hall–Kier alpha value is -1.09. The van der Waals surface area contributed by atoms with Crippen LogP contribution < -0.4 is 0 Å². The van der Waals surface area contributed by atoms with Crippen molar-refractivity contribution in [2.45, 2.75) is 44.0 Å². The van der Waals surface area contributed by atoms with Gasteiger partial charge in [0, 0.05) is 19.0 Å². The van der Waals surface area contributed by atoms with Gasteiger partial charge in [-0.2, -0.15) is 0 Å². The average molecular weight is 436 g/mol. The summed E-state index contributed by atoms with van der Waals surface area (Å²) in [5, 5.41) is 30.8. The summed E-state index contributed by atoms with van der Waals surface area (Å²) in [6.07, 6.45) is -1.49. The summed E-state index contributed by atoms with van der Waals surface area (Å²) in [5.74, 6) is -0.589. The third-order valence-corrected chi connectivity index (χ3v) is 5.28. The van der Waals surface area contributed by atoms with Crippen LogP contribution in [0.25, 0.3) is 0 Å². The van der Waals surface area contributed by atoms with Gasteiger partial charge in [-0.15, -0.1) is 0 Å². The van der Waals surface area contributed by atoms with E-state index in [1.54, 1.807) is 39.0 Å². The van der Waals surface area contributed by atoms with Gasteiger partial charge in [0.2, 0.25) is 0 Å². The molecular formula is C19H27Cl2NO6. The summed E-state index contributed by atoms with van der Waals surface area (Å²) in [6.45, 7) is 4.37. The van der Waals surface area contributed by atoms with E-state index in [4.69, 9.17) is 32.7 Å². The van der Waals surface area contributed by atoms with Crippen LogP contribution in [0.4, 0.5) is 4.79 Å². The number of halogens is 2. The molecule has 1 fully saturated rings. The van der Waals surface area contributed by atoms with Crippen LogP contribution in [0.3, 0.4) is 0 Å². The fourth-order valence-electron chi connectivity index (χ4n) is 3.11. The van der Waals surface area contributed by atoms with Gasteiger partial charge in [0.25, 0.3) is 0 Å². The van der Waals surface area contributed by atoms with Crippen molar-refractivity contribution in [3.8, 4) is 0 Å². The van der Waals surface area contributed by atoms with Crippen LogP contribution in [0.2, 0.25) is 10.0 Å². The van der Waals surface area contributed by atoms with Crippen LogP contribution in [0, 0.1) is 0 Å². The molecule has 1 aromatic carbocycles. The molecular weight excluding hydrogens is 409 g/mol. The zero-order valence-corrected chi connectivity index (χ0v) is 17.7. The Labute approximate surface area is 174 Å². The topological polar surface area (TPSA) is 99.5 Å². The van der Waals surface area contributed by atoms with E-state index in [9.17, 15) is 20.1 Å². The molecule has 0 unspecified atom stereocenters. The SMILES string of the molecule is CC(C)(C)OC(=O)N1CCO[C@@H](C(O)(CO)CO)[C@H](c2ccc(Cl)c(Cl)c2)C1. The lowest BCUT2D eigenvalue weighted by Crippen LogP contribution is -2.53. The number of rotatable bonds is 4. The first-order chi connectivity index (χ1) is 13.0. The molecule has 0 aliphatic carbocycles. The number of nitrogens with zero attached hydrogens (tertiary/aromatic N) is 1. The van der Waals surface area contributed by atoms with Crippen molar-refractivity contribution in [3.05, 3.63) is 33.8 Å². The highest BCUT2D eigenvalue weighted by atomic mass is 35.5. The Bertz CT molecular complexity index is 689. The maximum atomic E-state index is 12.6. The second-order valence-electron chi connectivity index (χ2n) is 7.92. The molecule has 0 aromatic heterocycles. The molecule has 7 nitrogen and oxygen atoms in total. The number of ether oxygens (including phenoxy) is 2. The van der Waals surface area contributed by atoms with Gasteiger partial charge >= 0.3 is 6.09 Å². The average Bonchev–Trinajstić information content (AvgIpc) is 2.85. The zero-order chi connectivity index (χ0) is 21.1. The highest BCUT2D eigenvalue weighted by Gasteiger charge is 2.45. The van der Waals surface area contributed by atoms with Gasteiger partial charge in [-0.25, -0.2) is 4.79 Å². The second-order valence-corrected chi connectivity index (χ2v) is 8.73. The van der Waals surface area contributed by atoms with Crippen molar-refractivity contribution >= 4 is 29.3 Å². The predicted octanol–water partition coefficient (Wildman–Crippen LogP) is 2.43.